The number of fused-ring (bicyclic) bond motifs is 5. The Hall–Kier alpha value is -0.680. The van der Waals surface area contributed by atoms with Crippen molar-refractivity contribution < 1.29 is 28.6 Å². The van der Waals surface area contributed by atoms with E-state index >= 15 is 0 Å². The second kappa shape index (κ2) is 12.9. The maximum atomic E-state index is 12.5. The Bertz CT molecular complexity index is 957. The van der Waals surface area contributed by atoms with Gasteiger partial charge in [-0.1, -0.05) is 65.5 Å². The molecule has 0 heterocycles. The summed E-state index contributed by atoms with van der Waals surface area (Å²) in [5.74, 6) is 4.59. The van der Waals surface area contributed by atoms with Gasteiger partial charge in [-0.3, -0.25) is 9.36 Å². The molecular weight excluding hydrogens is 523 g/mol. The lowest BCUT2D eigenvalue weighted by molar-refractivity contribution is -0.152. The molecule has 6 nitrogen and oxygen atoms in total. The number of hydrogen-bond donors (Lipinski definition) is 2. The fraction of sp³-hybridized carbons (Fsp3) is 0.909. The number of hydrogen-bond acceptors (Lipinski definition) is 5. The highest BCUT2D eigenvalue weighted by Gasteiger charge is 2.59. The van der Waals surface area contributed by atoms with Gasteiger partial charge in [0.05, 0.1) is 12.7 Å². The molecule has 7 heteroatoms. The normalized spacial score (nSPS) is 38.4. The predicted octanol–water partition coefficient (Wildman–Crippen LogP) is 7.91. The highest BCUT2D eigenvalue weighted by molar-refractivity contribution is 7.51. The van der Waals surface area contributed by atoms with Gasteiger partial charge >= 0.3 is 13.6 Å². The summed E-state index contributed by atoms with van der Waals surface area (Å²) in [5.41, 5.74) is 2.22. The number of aliphatic hydroxyl groups excluding tert-OH is 1. The van der Waals surface area contributed by atoms with Crippen molar-refractivity contribution in [3.63, 3.8) is 0 Å². The zero-order valence-corrected chi connectivity index (χ0v) is 27.0. The van der Waals surface area contributed by atoms with E-state index in [1.165, 1.54) is 56.9 Å². The molecule has 10 atom stereocenters. The minimum atomic E-state index is -3.63. The van der Waals surface area contributed by atoms with Gasteiger partial charge in [0, 0.05) is 19.5 Å². The largest absolute Gasteiger partial charge is 0.462 e. The molecular formula is C33H57O6P. The van der Waals surface area contributed by atoms with Crippen LogP contribution < -0.4 is 0 Å². The highest BCUT2D eigenvalue weighted by atomic mass is 31.2. The number of carbonyl (C=O) groups is 1. The molecule has 3 saturated carbocycles. The van der Waals surface area contributed by atoms with Crippen LogP contribution in [0.15, 0.2) is 11.6 Å². The Labute approximate surface area is 243 Å². The molecule has 0 radical (unpaired) electrons. The van der Waals surface area contributed by atoms with Gasteiger partial charge < -0.3 is 19.3 Å². The van der Waals surface area contributed by atoms with Gasteiger partial charge in [-0.15, -0.1) is 0 Å². The summed E-state index contributed by atoms with van der Waals surface area (Å²) < 4.78 is 21.9. The zero-order valence-electron chi connectivity index (χ0n) is 26.1. The van der Waals surface area contributed by atoms with Gasteiger partial charge in [0.1, 0.15) is 6.10 Å². The molecule has 4 aliphatic carbocycles. The monoisotopic (exact) mass is 580 g/mol. The van der Waals surface area contributed by atoms with Gasteiger partial charge in [0.25, 0.3) is 0 Å². The Balaban J connectivity index is 1.32. The van der Waals surface area contributed by atoms with Crippen LogP contribution in [0.3, 0.4) is 0 Å². The van der Waals surface area contributed by atoms with E-state index < -0.39 is 13.7 Å². The summed E-state index contributed by atoms with van der Waals surface area (Å²) in [6.07, 6.45) is 15.4. The molecule has 0 bridgehead atoms. The maximum absolute atomic E-state index is 12.5. The second-order valence-electron chi connectivity index (χ2n) is 14.9. The van der Waals surface area contributed by atoms with Crippen molar-refractivity contribution in [1.82, 2.24) is 0 Å². The number of allylic oxidation sites excluding steroid dienone is 1. The van der Waals surface area contributed by atoms with Gasteiger partial charge in [0.2, 0.25) is 0 Å². The first-order valence-corrected chi connectivity index (χ1v) is 18.3. The van der Waals surface area contributed by atoms with Crippen molar-refractivity contribution in [2.24, 2.45) is 46.3 Å². The zero-order chi connectivity index (χ0) is 29.3. The van der Waals surface area contributed by atoms with Crippen LogP contribution in [-0.4, -0.2) is 41.4 Å². The lowest BCUT2D eigenvalue weighted by atomic mass is 9.47. The van der Waals surface area contributed by atoms with E-state index in [1.54, 1.807) is 0 Å². The summed E-state index contributed by atoms with van der Waals surface area (Å²) >= 11 is 0. The SMILES string of the molecule is CC(C)CCC[C@@H](C)[C@H]1CC[C@H]2[C@@H]3CC=C4C[C@@H](OC(=O)CCC(O)COP(C)(=O)O)CC[C@]4(C)[C@H]3CC[C@]12C. The van der Waals surface area contributed by atoms with Crippen molar-refractivity contribution in [2.45, 2.75) is 130 Å². The van der Waals surface area contributed by atoms with Crippen LogP contribution in [0.25, 0.3) is 0 Å². The second-order valence-corrected chi connectivity index (χ2v) is 16.8. The summed E-state index contributed by atoms with van der Waals surface area (Å²) in [7, 11) is -3.63. The Morgan fingerprint density at radius 3 is 2.52 bits per heavy atom. The molecule has 0 aliphatic heterocycles. The first kappa shape index (κ1) is 32.2. The van der Waals surface area contributed by atoms with E-state index in [9.17, 15) is 19.4 Å². The Morgan fingerprint density at radius 2 is 1.82 bits per heavy atom. The first-order valence-electron chi connectivity index (χ1n) is 16.2. The standard InChI is InChI=1S/C33H57O6P/c1-22(2)8-7-9-23(3)28-13-14-29-27-12-10-24-20-26(16-18-32(24,4)30(27)17-19-33(28,29)5)39-31(35)15-11-25(34)21-38-40(6,36)37/h10,22-23,25-30,34H,7-9,11-21H2,1-6H3,(H,36,37)/t23-,25?,26+,27+,28-,29+,30+,32+,33-/m1/s1. The van der Waals surface area contributed by atoms with Gasteiger partial charge in [-0.2, -0.15) is 0 Å². The molecule has 0 aromatic rings. The van der Waals surface area contributed by atoms with Crippen LogP contribution in [0.5, 0.6) is 0 Å². The topological polar surface area (TPSA) is 93.1 Å². The van der Waals surface area contributed by atoms with E-state index in [0.29, 0.717) is 5.41 Å². The van der Waals surface area contributed by atoms with Crippen LogP contribution in [0.2, 0.25) is 0 Å². The Morgan fingerprint density at radius 1 is 1.07 bits per heavy atom. The van der Waals surface area contributed by atoms with Gasteiger partial charge in [-0.25, -0.2) is 0 Å². The van der Waals surface area contributed by atoms with Crippen LogP contribution in [-0.2, 0) is 18.6 Å². The number of aliphatic hydroxyl groups is 1. The van der Waals surface area contributed by atoms with E-state index in [2.05, 4.69) is 40.7 Å². The van der Waals surface area contributed by atoms with Crippen LogP contribution in [0.1, 0.15) is 118 Å². The van der Waals surface area contributed by atoms with Crippen LogP contribution in [0.4, 0.5) is 0 Å². The van der Waals surface area contributed by atoms with Gasteiger partial charge in [0.15, 0.2) is 0 Å². The molecule has 0 aromatic heterocycles. The average molecular weight is 581 g/mol. The minimum absolute atomic E-state index is 0.0822. The van der Waals surface area contributed by atoms with Gasteiger partial charge in [-0.05, 0) is 97.7 Å². The first-order chi connectivity index (χ1) is 18.7. The van der Waals surface area contributed by atoms with E-state index in [-0.39, 0.29) is 36.9 Å². The molecule has 0 saturated heterocycles. The number of rotatable bonds is 12. The van der Waals surface area contributed by atoms with Crippen molar-refractivity contribution >= 4 is 13.6 Å². The molecule has 3 fully saturated rings. The maximum Gasteiger partial charge on any atom is 0.325 e. The summed E-state index contributed by atoms with van der Waals surface area (Å²) in [6.45, 7) is 13.2. The third kappa shape index (κ3) is 7.26. The molecule has 0 spiro atoms. The Kier molecular flexibility index (Phi) is 10.4. The van der Waals surface area contributed by atoms with Crippen LogP contribution >= 0.6 is 7.60 Å². The molecule has 2 N–H and O–H groups in total. The van der Waals surface area contributed by atoms with E-state index in [1.807, 2.05) is 0 Å². The molecule has 4 rings (SSSR count). The molecule has 2 unspecified atom stereocenters. The number of esters is 1. The molecule has 40 heavy (non-hydrogen) atoms. The molecule has 0 aromatic carbocycles. The molecule has 4 aliphatic rings. The number of carbonyl (C=O) groups excluding carboxylic acids is 1. The lowest BCUT2D eigenvalue weighted by Crippen LogP contribution is -2.51. The molecule has 230 valence electrons. The quantitative estimate of drug-likeness (QED) is 0.138. The fourth-order valence-electron chi connectivity index (χ4n) is 9.59. The predicted molar refractivity (Wildman–Crippen MR) is 160 cm³/mol. The van der Waals surface area contributed by atoms with E-state index in [0.717, 1.165) is 61.4 Å². The summed E-state index contributed by atoms with van der Waals surface area (Å²) in [4.78, 5) is 21.7. The van der Waals surface area contributed by atoms with Crippen molar-refractivity contribution in [1.29, 1.82) is 0 Å². The summed E-state index contributed by atoms with van der Waals surface area (Å²) in [5, 5.41) is 9.98. The fourth-order valence-corrected chi connectivity index (χ4v) is 10.0. The van der Waals surface area contributed by atoms with Crippen molar-refractivity contribution in [2.75, 3.05) is 13.3 Å². The smallest absolute Gasteiger partial charge is 0.325 e. The minimum Gasteiger partial charge on any atom is -0.462 e. The highest BCUT2D eigenvalue weighted by Crippen LogP contribution is 2.67. The lowest BCUT2D eigenvalue weighted by Gasteiger charge is -2.58. The average Bonchev–Trinajstić information content (AvgIpc) is 3.23. The third-order valence-corrected chi connectivity index (χ3v) is 12.4. The van der Waals surface area contributed by atoms with Crippen LogP contribution in [0, 0.1) is 46.3 Å². The van der Waals surface area contributed by atoms with Crippen molar-refractivity contribution in [3.8, 4) is 0 Å². The molecule has 0 amide bonds. The summed E-state index contributed by atoms with van der Waals surface area (Å²) in [6, 6.07) is 0. The number of ether oxygens (including phenoxy) is 1. The van der Waals surface area contributed by atoms with E-state index in [4.69, 9.17) is 9.26 Å². The third-order valence-electron chi connectivity index (χ3n) is 11.7. The van der Waals surface area contributed by atoms with Crippen molar-refractivity contribution in [3.05, 3.63) is 11.6 Å².